The van der Waals surface area contributed by atoms with Crippen LogP contribution in [0.15, 0.2) is 24.3 Å². The molecule has 0 heterocycles. The summed E-state index contributed by atoms with van der Waals surface area (Å²) in [5, 5.41) is 9.09. The zero-order chi connectivity index (χ0) is 14.5. The zero-order valence-corrected chi connectivity index (χ0v) is 11.3. The first-order valence-electron chi connectivity index (χ1n) is 5.91. The fourth-order valence-corrected chi connectivity index (χ4v) is 1.30. The van der Waals surface area contributed by atoms with Gasteiger partial charge in [0.1, 0.15) is 24.4 Å². The molecule has 1 aromatic carbocycles. The largest absolute Gasteiger partial charge is 0.508 e. The van der Waals surface area contributed by atoms with Gasteiger partial charge < -0.3 is 14.6 Å². The number of carbonyl (C=O) groups is 2. The molecule has 5 nitrogen and oxygen atoms in total. The van der Waals surface area contributed by atoms with Gasteiger partial charge in [0.15, 0.2) is 0 Å². The molecular formula is C14H18O5. The number of phenols is 1. The summed E-state index contributed by atoms with van der Waals surface area (Å²) in [6.45, 7) is 5.24. The number of hydrogen-bond donors (Lipinski definition) is 1. The summed E-state index contributed by atoms with van der Waals surface area (Å²) in [5.41, 5.74) is 0.115. The summed E-state index contributed by atoms with van der Waals surface area (Å²) in [7, 11) is 0. The van der Waals surface area contributed by atoms with Crippen molar-refractivity contribution in [2.75, 3.05) is 0 Å². The van der Waals surface area contributed by atoms with Gasteiger partial charge in [-0.2, -0.15) is 0 Å². The van der Waals surface area contributed by atoms with Crippen molar-refractivity contribution in [1.82, 2.24) is 0 Å². The Labute approximate surface area is 112 Å². The van der Waals surface area contributed by atoms with Gasteiger partial charge in [-0.1, -0.05) is 12.1 Å². The van der Waals surface area contributed by atoms with Crippen LogP contribution in [0.25, 0.3) is 0 Å². The van der Waals surface area contributed by atoms with E-state index in [1.54, 1.807) is 32.9 Å². The number of rotatable bonds is 4. The summed E-state index contributed by atoms with van der Waals surface area (Å²) in [5.74, 6) is -1.10. The highest BCUT2D eigenvalue weighted by atomic mass is 16.6. The Hall–Kier alpha value is -2.04. The van der Waals surface area contributed by atoms with Gasteiger partial charge >= 0.3 is 11.9 Å². The SMILES string of the molecule is CC(C)(C)OC(=O)CC(=O)OCc1ccc(O)cc1. The molecule has 0 aromatic heterocycles. The van der Waals surface area contributed by atoms with Crippen LogP contribution in [-0.2, 0) is 25.7 Å². The van der Waals surface area contributed by atoms with E-state index in [4.69, 9.17) is 14.6 Å². The topological polar surface area (TPSA) is 72.8 Å². The summed E-state index contributed by atoms with van der Waals surface area (Å²) < 4.78 is 9.94. The monoisotopic (exact) mass is 266 g/mol. The molecule has 0 unspecified atom stereocenters. The predicted molar refractivity (Wildman–Crippen MR) is 68.4 cm³/mol. The molecule has 0 radical (unpaired) electrons. The molecular weight excluding hydrogens is 248 g/mol. The van der Waals surface area contributed by atoms with Gasteiger partial charge in [-0.05, 0) is 38.5 Å². The van der Waals surface area contributed by atoms with Gasteiger partial charge in [-0.3, -0.25) is 9.59 Å². The van der Waals surface area contributed by atoms with Crippen molar-refractivity contribution in [2.45, 2.75) is 39.4 Å². The van der Waals surface area contributed by atoms with Gasteiger partial charge in [-0.25, -0.2) is 0 Å². The molecule has 0 bridgehead atoms. The second-order valence-corrected chi connectivity index (χ2v) is 5.09. The van der Waals surface area contributed by atoms with Crippen LogP contribution in [0.4, 0.5) is 0 Å². The molecule has 0 saturated heterocycles. The predicted octanol–water partition coefficient (Wildman–Crippen LogP) is 2.17. The first kappa shape index (κ1) is 15.0. The molecule has 1 rings (SSSR count). The molecule has 0 aliphatic carbocycles. The van der Waals surface area contributed by atoms with E-state index in [1.807, 2.05) is 0 Å². The zero-order valence-electron chi connectivity index (χ0n) is 11.3. The molecule has 0 saturated carbocycles. The number of carbonyl (C=O) groups excluding carboxylic acids is 2. The molecule has 0 fully saturated rings. The van der Waals surface area contributed by atoms with E-state index in [2.05, 4.69) is 0 Å². The normalized spacial score (nSPS) is 10.9. The third-order valence-electron chi connectivity index (χ3n) is 2.04. The Morgan fingerprint density at radius 2 is 1.68 bits per heavy atom. The highest BCUT2D eigenvalue weighted by Crippen LogP contribution is 2.11. The minimum absolute atomic E-state index is 0.0575. The van der Waals surface area contributed by atoms with E-state index >= 15 is 0 Å². The average molecular weight is 266 g/mol. The van der Waals surface area contributed by atoms with E-state index < -0.39 is 24.0 Å². The molecule has 104 valence electrons. The summed E-state index contributed by atoms with van der Waals surface area (Å²) in [6, 6.07) is 6.26. The van der Waals surface area contributed by atoms with Crippen LogP contribution in [0, 0.1) is 0 Å². The van der Waals surface area contributed by atoms with E-state index in [0.29, 0.717) is 0 Å². The lowest BCUT2D eigenvalue weighted by molar-refractivity contribution is -0.162. The van der Waals surface area contributed by atoms with Crippen LogP contribution in [-0.4, -0.2) is 22.6 Å². The van der Waals surface area contributed by atoms with Crippen molar-refractivity contribution >= 4 is 11.9 Å². The van der Waals surface area contributed by atoms with E-state index in [-0.39, 0.29) is 12.4 Å². The Balaban J connectivity index is 2.36. The lowest BCUT2D eigenvalue weighted by Crippen LogP contribution is -2.25. The number of aromatic hydroxyl groups is 1. The Kier molecular flexibility index (Phi) is 4.92. The molecule has 5 heteroatoms. The van der Waals surface area contributed by atoms with Gasteiger partial charge in [0.2, 0.25) is 0 Å². The van der Waals surface area contributed by atoms with Crippen molar-refractivity contribution < 1.29 is 24.2 Å². The minimum Gasteiger partial charge on any atom is -0.508 e. The second kappa shape index (κ2) is 6.22. The molecule has 1 aromatic rings. The Morgan fingerprint density at radius 3 is 2.21 bits per heavy atom. The molecule has 0 aliphatic rings. The van der Waals surface area contributed by atoms with Gasteiger partial charge in [-0.15, -0.1) is 0 Å². The number of benzene rings is 1. The van der Waals surface area contributed by atoms with Crippen LogP contribution in [0.1, 0.15) is 32.8 Å². The van der Waals surface area contributed by atoms with Crippen molar-refractivity contribution in [3.63, 3.8) is 0 Å². The number of phenolic OH excluding ortho intramolecular Hbond substituents is 1. The van der Waals surface area contributed by atoms with Crippen LogP contribution in [0.5, 0.6) is 5.75 Å². The van der Waals surface area contributed by atoms with Crippen molar-refractivity contribution in [3.05, 3.63) is 29.8 Å². The molecule has 0 atom stereocenters. The third kappa shape index (κ3) is 6.45. The lowest BCUT2D eigenvalue weighted by Gasteiger charge is -2.19. The van der Waals surface area contributed by atoms with Crippen LogP contribution in [0.2, 0.25) is 0 Å². The van der Waals surface area contributed by atoms with E-state index in [1.165, 1.54) is 12.1 Å². The van der Waals surface area contributed by atoms with Crippen LogP contribution in [0.3, 0.4) is 0 Å². The quantitative estimate of drug-likeness (QED) is 0.668. The maximum atomic E-state index is 11.4. The van der Waals surface area contributed by atoms with Crippen molar-refractivity contribution in [1.29, 1.82) is 0 Å². The highest BCUT2D eigenvalue weighted by Gasteiger charge is 2.19. The minimum atomic E-state index is -0.637. The van der Waals surface area contributed by atoms with Gasteiger partial charge in [0.25, 0.3) is 0 Å². The van der Waals surface area contributed by atoms with Crippen molar-refractivity contribution in [2.24, 2.45) is 0 Å². The second-order valence-electron chi connectivity index (χ2n) is 5.09. The maximum Gasteiger partial charge on any atom is 0.317 e. The average Bonchev–Trinajstić information content (AvgIpc) is 2.25. The van der Waals surface area contributed by atoms with E-state index in [0.717, 1.165) is 5.56 Å². The molecule has 0 aliphatic heterocycles. The van der Waals surface area contributed by atoms with Crippen molar-refractivity contribution in [3.8, 4) is 5.75 Å². The molecule has 19 heavy (non-hydrogen) atoms. The first-order chi connectivity index (χ1) is 8.76. The summed E-state index contributed by atoms with van der Waals surface area (Å²) in [6.07, 6.45) is -0.407. The molecule has 0 amide bonds. The summed E-state index contributed by atoms with van der Waals surface area (Å²) >= 11 is 0. The molecule has 0 spiro atoms. The Bertz CT molecular complexity index is 442. The van der Waals surface area contributed by atoms with E-state index in [9.17, 15) is 9.59 Å². The molecule has 1 N–H and O–H groups in total. The first-order valence-corrected chi connectivity index (χ1v) is 5.91. The highest BCUT2D eigenvalue weighted by molar-refractivity contribution is 5.91. The van der Waals surface area contributed by atoms with Gasteiger partial charge in [0, 0.05) is 0 Å². The van der Waals surface area contributed by atoms with Crippen LogP contribution < -0.4 is 0 Å². The van der Waals surface area contributed by atoms with Gasteiger partial charge in [0.05, 0.1) is 0 Å². The third-order valence-corrected chi connectivity index (χ3v) is 2.04. The fourth-order valence-electron chi connectivity index (χ4n) is 1.30. The number of ether oxygens (including phenoxy) is 2. The fraction of sp³-hybridized carbons (Fsp3) is 0.429. The van der Waals surface area contributed by atoms with Crippen LogP contribution >= 0.6 is 0 Å². The Morgan fingerprint density at radius 1 is 1.11 bits per heavy atom. The maximum absolute atomic E-state index is 11.4. The standard InChI is InChI=1S/C14H18O5/c1-14(2,3)19-13(17)8-12(16)18-9-10-4-6-11(15)7-5-10/h4-7,15H,8-9H2,1-3H3. The lowest BCUT2D eigenvalue weighted by atomic mass is 10.2. The smallest absolute Gasteiger partial charge is 0.317 e. The number of esters is 2. The number of hydrogen-bond acceptors (Lipinski definition) is 5. The summed E-state index contributed by atoms with van der Waals surface area (Å²) in [4.78, 5) is 22.8.